The van der Waals surface area contributed by atoms with Gasteiger partial charge in [-0.1, -0.05) is 12.1 Å². The molecule has 7 nitrogen and oxygen atoms in total. The van der Waals surface area contributed by atoms with E-state index in [2.05, 4.69) is 43.7 Å². The van der Waals surface area contributed by atoms with E-state index in [-0.39, 0.29) is 6.10 Å². The topological polar surface area (TPSA) is 91.8 Å². The van der Waals surface area contributed by atoms with Crippen LogP contribution in [0, 0.1) is 0 Å². The van der Waals surface area contributed by atoms with E-state index >= 15 is 0 Å². The largest absolute Gasteiger partial charge is 0.489 e. The molecule has 1 fully saturated rings. The zero-order valence-electron chi connectivity index (χ0n) is 17.5. The quantitative estimate of drug-likeness (QED) is 0.368. The third-order valence-electron chi connectivity index (χ3n) is 5.96. The van der Waals surface area contributed by atoms with Gasteiger partial charge in [0, 0.05) is 28.2 Å². The minimum absolute atomic E-state index is 0.237. The predicted octanol–water partition coefficient (Wildman–Crippen LogP) is 5.01. The lowest BCUT2D eigenvalue weighted by Gasteiger charge is -2.23. The number of pyridine rings is 1. The summed E-state index contributed by atoms with van der Waals surface area (Å²) < 4.78 is 11.4. The van der Waals surface area contributed by atoms with Crippen LogP contribution in [-0.2, 0) is 0 Å². The van der Waals surface area contributed by atoms with Crippen molar-refractivity contribution in [1.82, 2.24) is 25.5 Å². The normalized spacial score (nSPS) is 14.8. The van der Waals surface area contributed by atoms with Crippen molar-refractivity contribution in [1.29, 1.82) is 0 Å². The highest BCUT2D eigenvalue weighted by Gasteiger charge is 2.16. The molecule has 4 aromatic heterocycles. The average Bonchev–Trinajstić information content (AvgIpc) is 3.60. The number of nitrogens with one attached hydrogen (secondary N) is 3. The van der Waals surface area contributed by atoms with Crippen LogP contribution in [0.15, 0.2) is 71.8 Å². The number of hydrogen-bond donors (Lipinski definition) is 3. The number of benzene rings is 1. The zero-order chi connectivity index (χ0) is 21.3. The zero-order valence-corrected chi connectivity index (χ0v) is 17.5. The molecule has 7 heteroatoms. The summed E-state index contributed by atoms with van der Waals surface area (Å²) in [6, 6.07) is 14.4. The Morgan fingerprint density at radius 1 is 0.969 bits per heavy atom. The number of aromatic nitrogens is 4. The fourth-order valence-electron chi connectivity index (χ4n) is 4.31. The Labute approximate surface area is 184 Å². The molecule has 1 aromatic carbocycles. The van der Waals surface area contributed by atoms with E-state index in [9.17, 15) is 0 Å². The molecule has 1 aliphatic rings. The van der Waals surface area contributed by atoms with E-state index in [1.807, 2.05) is 30.5 Å². The molecule has 0 amide bonds. The lowest BCUT2D eigenvalue weighted by atomic mass is 10.0. The van der Waals surface area contributed by atoms with Crippen molar-refractivity contribution in [2.24, 2.45) is 0 Å². The van der Waals surface area contributed by atoms with Crippen LogP contribution in [0.4, 0.5) is 0 Å². The molecule has 0 radical (unpaired) electrons. The molecule has 5 aromatic rings. The van der Waals surface area contributed by atoms with E-state index < -0.39 is 0 Å². The smallest absolute Gasteiger partial charge is 0.138 e. The monoisotopic (exact) mass is 425 g/mol. The number of furan rings is 1. The second kappa shape index (κ2) is 8.01. The summed E-state index contributed by atoms with van der Waals surface area (Å²) in [4.78, 5) is 7.86. The first kappa shape index (κ1) is 18.9. The molecule has 0 aliphatic carbocycles. The van der Waals surface area contributed by atoms with Gasteiger partial charge in [0.1, 0.15) is 17.5 Å². The molecule has 32 heavy (non-hydrogen) atoms. The third kappa shape index (κ3) is 3.56. The maximum atomic E-state index is 6.15. The number of fused-ring (bicyclic) bond motifs is 1. The van der Waals surface area contributed by atoms with Gasteiger partial charge in [0.25, 0.3) is 0 Å². The Morgan fingerprint density at radius 2 is 1.91 bits per heavy atom. The average molecular weight is 425 g/mol. The lowest BCUT2D eigenvalue weighted by molar-refractivity contribution is 0.162. The first-order chi connectivity index (χ1) is 15.8. The second-order valence-electron chi connectivity index (χ2n) is 8.11. The van der Waals surface area contributed by atoms with Crippen molar-refractivity contribution in [3.63, 3.8) is 0 Å². The first-order valence-electron chi connectivity index (χ1n) is 10.9. The van der Waals surface area contributed by atoms with Gasteiger partial charge in [-0.15, -0.1) is 0 Å². The van der Waals surface area contributed by atoms with Crippen molar-refractivity contribution in [3.05, 3.63) is 67.4 Å². The Kier molecular flexibility index (Phi) is 4.73. The molecule has 0 bridgehead atoms. The number of piperidine rings is 1. The van der Waals surface area contributed by atoms with Gasteiger partial charge in [-0.25, -0.2) is 0 Å². The standard InChI is InChI=1S/C25H23N5O2/c1-2-20(16-6-9-31-15-16)21-11-24(28-22(21)3-1)25-12-23(29-30-25)17-10-19(14-27-13-17)32-18-4-7-26-8-5-18/h1-3,6,9-15,18,26,28H,4-5,7-8H2,(H,29,30). The number of aromatic amines is 2. The number of ether oxygens (including phenoxy) is 1. The summed E-state index contributed by atoms with van der Waals surface area (Å²) in [5, 5.41) is 12.2. The van der Waals surface area contributed by atoms with Crippen LogP contribution in [0.1, 0.15) is 12.8 Å². The number of rotatable bonds is 5. The summed E-state index contributed by atoms with van der Waals surface area (Å²) in [5.41, 5.74) is 6.89. The van der Waals surface area contributed by atoms with Crippen LogP contribution < -0.4 is 10.1 Å². The lowest BCUT2D eigenvalue weighted by Crippen LogP contribution is -2.34. The first-order valence-corrected chi connectivity index (χ1v) is 10.9. The van der Waals surface area contributed by atoms with Gasteiger partial charge in [0.2, 0.25) is 0 Å². The Bertz CT molecular complexity index is 1350. The van der Waals surface area contributed by atoms with E-state index in [1.165, 1.54) is 0 Å². The van der Waals surface area contributed by atoms with Gasteiger partial charge in [-0.2, -0.15) is 5.10 Å². The molecule has 160 valence electrons. The van der Waals surface area contributed by atoms with Crippen LogP contribution >= 0.6 is 0 Å². The van der Waals surface area contributed by atoms with Gasteiger partial charge in [-0.3, -0.25) is 10.1 Å². The molecule has 6 rings (SSSR count). The Balaban J connectivity index is 1.29. The van der Waals surface area contributed by atoms with E-state index in [0.717, 1.165) is 76.4 Å². The highest BCUT2D eigenvalue weighted by Crippen LogP contribution is 2.33. The Hall–Kier alpha value is -3.84. The van der Waals surface area contributed by atoms with Crippen molar-refractivity contribution in [2.75, 3.05) is 13.1 Å². The molecule has 0 spiro atoms. The molecular formula is C25H23N5O2. The summed E-state index contributed by atoms with van der Waals surface area (Å²) in [6.45, 7) is 1.99. The third-order valence-corrected chi connectivity index (χ3v) is 5.96. The summed E-state index contributed by atoms with van der Waals surface area (Å²) in [5.74, 6) is 0.793. The molecule has 5 heterocycles. The minimum Gasteiger partial charge on any atom is -0.489 e. The van der Waals surface area contributed by atoms with Crippen molar-refractivity contribution in [3.8, 4) is 39.5 Å². The molecule has 1 aliphatic heterocycles. The second-order valence-corrected chi connectivity index (χ2v) is 8.11. The molecule has 1 saturated heterocycles. The number of nitrogens with zero attached hydrogens (tertiary/aromatic N) is 2. The van der Waals surface area contributed by atoms with Crippen LogP contribution in [0.5, 0.6) is 5.75 Å². The summed E-state index contributed by atoms with van der Waals surface area (Å²) in [7, 11) is 0. The molecule has 0 atom stereocenters. The van der Waals surface area contributed by atoms with Crippen LogP contribution in [0.3, 0.4) is 0 Å². The number of H-pyrrole nitrogens is 2. The van der Waals surface area contributed by atoms with Crippen molar-refractivity contribution in [2.45, 2.75) is 18.9 Å². The van der Waals surface area contributed by atoms with Gasteiger partial charge in [0.15, 0.2) is 0 Å². The van der Waals surface area contributed by atoms with Crippen LogP contribution in [0.25, 0.3) is 44.7 Å². The van der Waals surface area contributed by atoms with Crippen molar-refractivity contribution >= 4 is 10.9 Å². The maximum absolute atomic E-state index is 6.15. The fourth-order valence-corrected chi connectivity index (χ4v) is 4.31. The van der Waals surface area contributed by atoms with Crippen molar-refractivity contribution < 1.29 is 9.15 Å². The molecule has 0 unspecified atom stereocenters. The van der Waals surface area contributed by atoms with E-state index in [1.54, 1.807) is 18.7 Å². The van der Waals surface area contributed by atoms with Gasteiger partial charge in [-0.05, 0) is 61.8 Å². The highest BCUT2D eigenvalue weighted by atomic mass is 16.5. The molecule has 3 N–H and O–H groups in total. The molecular weight excluding hydrogens is 402 g/mol. The van der Waals surface area contributed by atoms with Crippen LogP contribution in [-0.4, -0.2) is 39.4 Å². The highest BCUT2D eigenvalue weighted by molar-refractivity contribution is 5.97. The van der Waals surface area contributed by atoms with Gasteiger partial charge >= 0.3 is 0 Å². The minimum atomic E-state index is 0.237. The number of hydrogen-bond acceptors (Lipinski definition) is 5. The molecule has 0 saturated carbocycles. The van der Waals surface area contributed by atoms with Crippen LogP contribution in [0.2, 0.25) is 0 Å². The van der Waals surface area contributed by atoms with E-state index in [0.29, 0.717) is 0 Å². The fraction of sp³-hybridized carbons (Fsp3) is 0.200. The summed E-state index contributed by atoms with van der Waals surface area (Å²) >= 11 is 0. The SMILES string of the molecule is c1cc(-c2ccoc2)c2cc(-c3cc(-c4cncc(OC5CCNCC5)c4)[nH]n3)[nH]c2c1. The van der Waals surface area contributed by atoms with Gasteiger partial charge < -0.3 is 19.5 Å². The van der Waals surface area contributed by atoms with E-state index in [4.69, 9.17) is 9.15 Å². The predicted molar refractivity (Wildman–Crippen MR) is 123 cm³/mol. The Morgan fingerprint density at radius 3 is 2.78 bits per heavy atom. The summed E-state index contributed by atoms with van der Waals surface area (Å²) in [6.07, 6.45) is 9.33. The van der Waals surface area contributed by atoms with Gasteiger partial charge in [0.05, 0.1) is 30.1 Å². The maximum Gasteiger partial charge on any atom is 0.138 e.